The molecule has 1 aromatic rings. The number of ether oxygens (including phenoxy) is 1. The van der Waals surface area contributed by atoms with Crippen LogP contribution in [0.2, 0.25) is 0 Å². The van der Waals surface area contributed by atoms with Crippen LogP contribution in [0.15, 0.2) is 21.5 Å². The van der Waals surface area contributed by atoms with Crippen molar-refractivity contribution in [2.75, 3.05) is 12.3 Å². The molecule has 0 saturated carbocycles. The SMILES string of the molecule is Nc1cc(Br)c(=O)n(CCCC2CCCO2)c1. The number of aryl methyl sites for hydroxylation is 1. The van der Waals surface area contributed by atoms with Crippen molar-refractivity contribution in [1.29, 1.82) is 0 Å². The molecular formula is C12H17BrN2O2. The Kier molecular flexibility index (Phi) is 4.23. The molecule has 94 valence electrons. The molecule has 1 aliphatic heterocycles. The lowest BCUT2D eigenvalue weighted by molar-refractivity contribution is 0.101. The van der Waals surface area contributed by atoms with Crippen molar-refractivity contribution in [2.24, 2.45) is 0 Å². The van der Waals surface area contributed by atoms with Crippen molar-refractivity contribution in [2.45, 2.75) is 38.3 Å². The standard InChI is InChI=1S/C12H17BrN2O2/c13-11-7-9(14)8-15(12(11)16)5-1-3-10-4-2-6-17-10/h7-8,10H,1-6,14H2. The third-order valence-corrected chi connectivity index (χ3v) is 3.58. The highest BCUT2D eigenvalue weighted by atomic mass is 79.9. The Hall–Kier alpha value is -0.810. The van der Waals surface area contributed by atoms with Gasteiger partial charge in [-0.05, 0) is 47.7 Å². The molecule has 5 heteroatoms. The van der Waals surface area contributed by atoms with Crippen LogP contribution in [0.25, 0.3) is 0 Å². The molecule has 1 fully saturated rings. The third-order valence-electron chi connectivity index (χ3n) is 3.01. The Bertz CT molecular complexity index is 439. The molecule has 0 aromatic carbocycles. The van der Waals surface area contributed by atoms with Crippen LogP contribution in [0.5, 0.6) is 0 Å². The van der Waals surface area contributed by atoms with Gasteiger partial charge in [0.25, 0.3) is 5.56 Å². The number of pyridine rings is 1. The van der Waals surface area contributed by atoms with E-state index in [1.165, 1.54) is 0 Å². The number of anilines is 1. The first-order valence-electron chi connectivity index (χ1n) is 5.94. The van der Waals surface area contributed by atoms with Gasteiger partial charge in [0.1, 0.15) is 0 Å². The molecule has 17 heavy (non-hydrogen) atoms. The van der Waals surface area contributed by atoms with Gasteiger partial charge in [-0.2, -0.15) is 0 Å². The minimum Gasteiger partial charge on any atom is -0.398 e. The van der Waals surface area contributed by atoms with Gasteiger partial charge in [0.2, 0.25) is 0 Å². The smallest absolute Gasteiger partial charge is 0.264 e. The number of nitrogen functional groups attached to an aromatic ring is 1. The lowest BCUT2D eigenvalue weighted by Crippen LogP contribution is -2.21. The van der Waals surface area contributed by atoms with E-state index in [2.05, 4.69) is 15.9 Å². The van der Waals surface area contributed by atoms with Crippen molar-refractivity contribution in [1.82, 2.24) is 4.57 Å². The summed E-state index contributed by atoms with van der Waals surface area (Å²) in [6.07, 6.45) is 6.35. The van der Waals surface area contributed by atoms with Gasteiger partial charge >= 0.3 is 0 Å². The topological polar surface area (TPSA) is 57.2 Å². The van der Waals surface area contributed by atoms with Crippen LogP contribution in [0, 0.1) is 0 Å². The van der Waals surface area contributed by atoms with E-state index < -0.39 is 0 Å². The molecule has 4 nitrogen and oxygen atoms in total. The Morgan fingerprint density at radius 3 is 3.12 bits per heavy atom. The fourth-order valence-corrected chi connectivity index (χ4v) is 2.64. The van der Waals surface area contributed by atoms with E-state index in [1.807, 2.05) is 0 Å². The zero-order chi connectivity index (χ0) is 12.3. The summed E-state index contributed by atoms with van der Waals surface area (Å²) in [6.45, 7) is 1.58. The molecular weight excluding hydrogens is 284 g/mol. The Morgan fingerprint density at radius 1 is 1.59 bits per heavy atom. The molecule has 1 aromatic heterocycles. The van der Waals surface area contributed by atoms with Crippen LogP contribution < -0.4 is 11.3 Å². The molecule has 2 heterocycles. The molecule has 0 amide bonds. The Balaban J connectivity index is 1.92. The minimum atomic E-state index is -0.0217. The number of aromatic nitrogens is 1. The molecule has 0 aliphatic carbocycles. The lowest BCUT2D eigenvalue weighted by Gasteiger charge is -2.10. The predicted molar refractivity (Wildman–Crippen MR) is 71.0 cm³/mol. The Labute approximate surface area is 109 Å². The summed E-state index contributed by atoms with van der Waals surface area (Å²) < 4.78 is 7.73. The van der Waals surface area contributed by atoms with E-state index in [1.54, 1.807) is 16.8 Å². The predicted octanol–water partition coefficient (Wildman–Crippen LogP) is 2.15. The number of nitrogens with two attached hydrogens (primary N) is 1. The van der Waals surface area contributed by atoms with E-state index in [0.717, 1.165) is 32.3 Å². The monoisotopic (exact) mass is 300 g/mol. The highest BCUT2D eigenvalue weighted by Gasteiger charge is 2.14. The van der Waals surface area contributed by atoms with Crippen LogP contribution in [0.4, 0.5) is 5.69 Å². The fourth-order valence-electron chi connectivity index (χ4n) is 2.15. The second kappa shape index (κ2) is 5.69. The summed E-state index contributed by atoms with van der Waals surface area (Å²) in [5, 5.41) is 0. The van der Waals surface area contributed by atoms with Crippen LogP contribution >= 0.6 is 15.9 Å². The van der Waals surface area contributed by atoms with Crippen molar-refractivity contribution in [3.63, 3.8) is 0 Å². The summed E-state index contributed by atoms with van der Waals surface area (Å²) in [5.74, 6) is 0. The number of hydrogen-bond donors (Lipinski definition) is 1. The number of rotatable bonds is 4. The maximum atomic E-state index is 11.8. The molecule has 2 rings (SSSR count). The summed E-state index contributed by atoms with van der Waals surface area (Å²) >= 11 is 3.22. The van der Waals surface area contributed by atoms with Gasteiger partial charge in [-0.1, -0.05) is 0 Å². The first-order valence-corrected chi connectivity index (χ1v) is 6.73. The van der Waals surface area contributed by atoms with E-state index >= 15 is 0 Å². The molecule has 0 spiro atoms. The normalized spacial score (nSPS) is 19.7. The first-order chi connectivity index (χ1) is 8.16. The quantitative estimate of drug-likeness (QED) is 0.927. The molecule has 1 saturated heterocycles. The number of hydrogen-bond acceptors (Lipinski definition) is 3. The molecule has 0 bridgehead atoms. The van der Waals surface area contributed by atoms with Gasteiger partial charge in [0.05, 0.1) is 10.6 Å². The number of nitrogens with zero attached hydrogens (tertiary/aromatic N) is 1. The van der Waals surface area contributed by atoms with E-state index in [4.69, 9.17) is 10.5 Å². The average Bonchev–Trinajstić information content (AvgIpc) is 2.78. The second-order valence-corrected chi connectivity index (χ2v) is 5.25. The van der Waals surface area contributed by atoms with E-state index in [0.29, 0.717) is 22.8 Å². The second-order valence-electron chi connectivity index (χ2n) is 4.40. The maximum Gasteiger partial charge on any atom is 0.264 e. The van der Waals surface area contributed by atoms with Crippen molar-refractivity contribution < 1.29 is 4.74 Å². The van der Waals surface area contributed by atoms with Gasteiger partial charge in [-0.25, -0.2) is 0 Å². The molecule has 2 N–H and O–H groups in total. The zero-order valence-electron chi connectivity index (χ0n) is 9.69. The van der Waals surface area contributed by atoms with Crippen LogP contribution in [-0.2, 0) is 11.3 Å². The lowest BCUT2D eigenvalue weighted by atomic mass is 10.1. The van der Waals surface area contributed by atoms with Crippen LogP contribution in [0.3, 0.4) is 0 Å². The van der Waals surface area contributed by atoms with Crippen molar-refractivity contribution in [3.8, 4) is 0 Å². The fraction of sp³-hybridized carbons (Fsp3) is 0.583. The highest BCUT2D eigenvalue weighted by Crippen LogP contribution is 2.17. The summed E-state index contributed by atoms with van der Waals surface area (Å²) in [7, 11) is 0. The van der Waals surface area contributed by atoms with Gasteiger partial charge in [-0.3, -0.25) is 4.79 Å². The third kappa shape index (κ3) is 3.33. The van der Waals surface area contributed by atoms with Crippen LogP contribution in [-0.4, -0.2) is 17.3 Å². The van der Waals surface area contributed by atoms with E-state index in [-0.39, 0.29) is 5.56 Å². The molecule has 1 aliphatic rings. The summed E-state index contributed by atoms with van der Waals surface area (Å²) in [6, 6.07) is 1.64. The maximum absolute atomic E-state index is 11.8. The Morgan fingerprint density at radius 2 is 2.41 bits per heavy atom. The highest BCUT2D eigenvalue weighted by molar-refractivity contribution is 9.10. The van der Waals surface area contributed by atoms with Crippen molar-refractivity contribution in [3.05, 3.63) is 27.1 Å². The summed E-state index contributed by atoms with van der Waals surface area (Å²) in [5.41, 5.74) is 6.29. The number of halogens is 1. The van der Waals surface area contributed by atoms with Gasteiger partial charge in [0.15, 0.2) is 0 Å². The molecule has 1 unspecified atom stereocenters. The van der Waals surface area contributed by atoms with Gasteiger partial charge < -0.3 is 15.0 Å². The van der Waals surface area contributed by atoms with Crippen LogP contribution in [0.1, 0.15) is 25.7 Å². The van der Waals surface area contributed by atoms with E-state index in [9.17, 15) is 4.79 Å². The largest absolute Gasteiger partial charge is 0.398 e. The summed E-state index contributed by atoms with van der Waals surface area (Å²) in [4.78, 5) is 11.8. The minimum absolute atomic E-state index is 0.0217. The van der Waals surface area contributed by atoms with Gasteiger partial charge in [-0.15, -0.1) is 0 Å². The molecule has 1 atom stereocenters. The zero-order valence-corrected chi connectivity index (χ0v) is 11.3. The molecule has 0 radical (unpaired) electrons. The first kappa shape index (κ1) is 12.6. The average molecular weight is 301 g/mol. The van der Waals surface area contributed by atoms with Crippen molar-refractivity contribution >= 4 is 21.6 Å². The van der Waals surface area contributed by atoms with Gasteiger partial charge in [0, 0.05) is 25.0 Å².